The predicted molar refractivity (Wildman–Crippen MR) is 107 cm³/mol. The molecule has 3 rings (SSSR count). The molecule has 0 spiro atoms. The van der Waals surface area contributed by atoms with Crippen LogP contribution in [-0.2, 0) is 14.8 Å². The lowest BCUT2D eigenvalue weighted by molar-refractivity contribution is -0.125. The van der Waals surface area contributed by atoms with Crippen LogP contribution in [0.4, 0.5) is 4.39 Å². The number of carbonyl (C=O) groups excluding carboxylic acids is 1. The van der Waals surface area contributed by atoms with E-state index in [1.807, 2.05) is 6.92 Å². The fourth-order valence-corrected chi connectivity index (χ4v) is 5.17. The van der Waals surface area contributed by atoms with Gasteiger partial charge in [0.05, 0.1) is 5.92 Å². The Kier molecular flexibility index (Phi) is 6.49. The van der Waals surface area contributed by atoms with Crippen LogP contribution in [0.5, 0.6) is 0 Å². The van der Waals surface area contributed by atoms with Gasteiger partial charge in [0.15, 0.2) is 10.7 Å². The maximum atomic E-state index is 13.8. The molecule has 1 atom stereocenters. The zero-order chi connectivity index (χ0) is 21.0. The van der Waals surface area contributed by atoms with Crippen LogP contribution in [-0.4, -0.2) is 43.4 Å². The quantitative estimate of drug-likeness (QED) is 0.774. The van der Waals surface area contributed by atoms with Crippen LogP contribution in [0.1, 0.15) is 36.8 Å². The second-order valence-corrected chi connectivity index (χ2v) is 8.79. The Labute approximate surface area is 169 Å². The van der Waals surface area contributed by atoms with E-state index in [4.69, 9.17) is 4.52 Å². The molecular formula is C20H24FN3O4S. The minimum Gasteiger partial charge on any atom is -0.356 e. The van der Waals surface area contributed by atoms with Gasteiger partial charge in [0.1, 0.15) is 11.5 Å². The molecule has 1 saturated heterocycles. The van der Waals surface area contributed by atoms with E-state index in [0.717, 1.165) is 0 Å². The van der Waals surface area contributed by atoms with Gasteiger partial charge in [-0.25, -0.2) is 12.8 Å². The topological polar surface area (TPSA) is 92.5 Å². The summed E-state index contributed by atoms with van der Waals surface area (Å²) in [6.45, 7) is 4.29. The van der Waals surface area contributed by atoms with E-state index in [1.54, 1.807) is 25.1 Å². The van der Waals surface area contributed by atoms with Gasteiger partial charge in [0.25, 0.3) is 0 Å². The molecule has 1 aromatic carbocycles. The summed E-state index contributed by atoms with van der Waals surface area (Å²) in [5.74, 6) is -0.929. The lowest BCUT2D eigenvalue weighted by Crippen LogP contribution is -2.45. The predicted octanol–water partition coefficient (Wildman–Crippen LogP) is 2.83. The van der Waals surface area contributed by atoms with Gasteiger partial charge in [-0.05, 0) is 44.9 Å². The molecule has 1 aromatic heterocycles. The summed E-state index contributed by atoms with van der Waals surface area (Å²) < 4.78 is 46.9. The minimum absolute atomic E-state index is 0.0332. The van der Waals surface area contributed by atoms with Crippen molar-refractivity contribution in [1.82, 2.24) is 14.8 Å². The largest absolute Gasteiger partial charge is 0.356 e. The van der Waals surface area contributed by atoms with E-state index in [9.17, 15) is 17.6 Å². The van der Waals surface area contributed by atoms with E-state index >= 15 is 0 Å². The number of hydrogen-bond acceptors (Lipinski definition) is 5. The molecule has 1 fully saturated rings. The summed E-state index contributed by atoms with van der Waals surface area (Å²) in [7, 11) is -3.92. The Hall–Kier alpha value is -2.52. The van der Waals surface area contributed by atoms with Crippen LogP contribution >= 0.6 is 0 Å². The molecule has 2 aromatic rings. The lowest BCUT2D eigenvalue weighted by Gasteiger charge is -2.31. The van der Waals surface area contributed by atoms with E-state index in [1.165, 1.54) is 22.5 Å². The van der Waals surface area contributed by atoms with Gasteiger partial charge in [-0.2, -0.15) is 4.31 Å². The van der Waals surface area contributed by atoms with Crippen LogP contribution in [0.3, 0.4) is 0 Å². The van der Waals surface area contributed by atoms with Crippen LogP contribution in [0, 0.1) is 18.7 Å². The van der Waals surface area contributed by atoms with Crippen molar-refractivity contribution in [3.05, 3.63) is 47.1 Å². The van der Waals surface area contributed by atoms with E-state index in [0.29, 0.717) is 31.5 Å². The molecule has 9 heteroatoms. The highest BCUT2D eigenvalue weighted by atomic mass is 32.2. The third kappa shape index (κ3) is 4.56. The number of rotatable bonds is 6. The second-order valence-electron chi connectivity index (χ2n) is 6.91. The number of hydrogen-bond donors (Lipinski definition) is 1. The Morgan fingerprint density at radius 3 is 2.86 bits per heavy atom. The van der Waals surface area contributed by atoms with Crippen molar-refractivity contribution in [2.75, 3.05) is 19.6 Å². The molecule has 0 saturated carbocycles. The number of benzene rings is 1. The zero-order valence-electron chi connectivity index (χ0n) is 16.4. The van der Waals surface area contributed by atoms with Gasteiger partial charge in [-0.15, -0.1) is 0 Å². The first kappa shape index (κ1) is 21.2. The monoisotopic (exact) mass is 421 g/mol. The Balaban J connectivity index is 1.89. The standard InChI is InChI=1S/C20H24FN3O4S/c1-3-22-20(25)16-8-6-12-24(13-16)29(26,27)19-14(2)23-28-18(19)11-10-15-7-4-5-9-17(15)21/h4-5,7,9-11,16H,3,6,8,12-13H2,1-2H3,(H,22,25). The van der Waals surface area contributed by atoms with E-state index in [2.05, 4.69) is 10.5 Å². The van der Waals surface area contributed by atoms with E-state index in [-0.39, 0.29) is 28.8 Å². The van der Waals surface area contributed by atoms with Crippen molar-refractivity contribution in [3.63, 3.8) is 0 Å². The van der Waals surface area contributed by atoms with Crippen molar-refractivity contribution in [2.24, 2.45) is 5.92 Å². The fourth-order valence-electron chi connectivity index (χ4n) is 3.40. The van der Waals surface area contributed by atoms with Gasteiger partial charge in [0.2, 0.25) is 15.9 Å². The number of nitrogens with one attached hydrogen (secondary N) is 1. The van der Waals surface area contributed by atoms with Crippen LogP contribution in [0.2, 0.25) is 0 Å². The first-order valence-electron chi connectivity index (χ1n) is 9.51. The van der Waals surface area contributed by atoms with Gasteiger partial charge in [-0.1, -0.05) is 23.4 Å². The number of amides is 1. The number of aryl methyl sites for hydroxylation is 1. The van der Waals surface area contributed by atoms with Crippen molar-refractivity contribution >= 4 is 28.1 Å². The molecule has 1 aliphatic heterocycles. The number of piperidine rings is 1. The van der Waals surface area contributed by atoms with Crippen LogP contribution in [0.25, 0.3) is 12.2 Å². The second kappa shape index (κ2) is 8.87. The van der Waals surface area contributed by atoms with Crippen LogP contribution in [0.15, 0.2) is 33.7 Å². The highest BCUT2D eigenvalue weighted by Crippen LogP contribution is 2.29. The molecule has 29 heavy (non-hydrogen) atoms. The van der Waals surface area contributed by atoms with Crippen molar-refractivity contribution < 1.29 is 22.1 Å². The number of halogens is 1. The molecular weight excluding hydrogens is 397 g/mol. The average Bonchev–Trinajstić information content (AvgIpc) is 3.09. The molecule has 1 amide bonds. The van der Waals surface area contributed by atoms with E-state index < -0.39 is 21.8 Å². The van der Waals surface area contributed by atoms with Gasteiger partial charge in [0, 0.05) is 25.2 Å². The summed E-state index contributed by atoms with van der Waals surface area (Å²) in [4.78, 5) is 12.1. The molecule has 7 nitrogen and oxygen atoms in total. The minimum atomic E-state index is -3.92. The summed E-state index contributed by atoms with van der Waals surface area (Å²) in [6, 6.07) is 6.15. The van der Waals surface area contributed by atoms with Gasteiger partial charge in [-0.3, -0.25) is 4.79 Å². The Bertz CT molecular complexity index is 1020. The first-order valence-corrected chi connectivity index (χ1v) is 10.9. The highest BCUT2D eigenvalue weighted by Gasteiger charge is 2.36. The summed E-state index contributed by atoms with van der Waals surface area (Å²) in [5, 5.41) is 6.54. The third-order valence-corrected chi connectivity index (χ3v) is 6.88. The molecule has 1 aliphatic rings. The molecule has 2 heterocycles. The third-order valence-electron chi connectivity index (χ3n) is 4.86. The van der Waals surface area contributed by atoms with Crippen molar-refractivity contribution in [1.29, 1.82) is 0 Å². The fraction of sp³-hybridized carbons (Fsp3) is 0.400. The first-order chi connectivity index (χ1) is 13.8. The maximum absolute atomic E-state index is 13.8. The molecule has 0 bridgehead atoms. The number of aromatic nitrogens is 1. The lowest BCUT2D eigenvalue weighted by atomic mass is 9.99. The number of carbonyl (C=O) groups is 1. The molecule has 0 radical (unpaired) electrons. The van der Waals surface area contributed by atoms with Crippen molar-refractivity contribution in [3.8, 4) is 0 Å². The number of sulfonamides is 1. The van der Waals surface area contributed by atoms with Crippen molar-refractivity contribution in [2.45, 2.75) is 31.6 Å². The molecule has 156 valence electrons. The zero-order valence-corrected chi connectivity index (χ0v) is 17.2. The molecule has 1 unspecified atom stereocenters. The SMILES string of the molecule is CCNC(=O)C1CCCN(S(=O)(=O)c2c(C)noc2C=Cc2ccccc2F)C1. The summed E-state index contributed by atoms with van der Waals surface area (Å²) >= 11 is 0. The molecule has 1 N–H and O–H groups in total. The molecule has 0 aliphatic carbocycles. The van der Waals surface area contributed by atoms with Gasteiger partial charge >= 0.3 is 0 Å². The Morgan fingerprint density at radius 1 is 1.38 bits per heavy atom. The van der Waals surface area contributed by atoms with Crippen LogP contribution < -0.4 is 5.32 Å². The summed E-state index contributed by atoms with van der Waals surface area (Å²) in [6.07, 6.45) is 4.07. The average molecular weight is 421 g/mol. The maximum Gasteiger partial charge on any atom is 0.248 e. The van der Waals surface area contributed by atoms with Gasteiger partial charge < -0.3 is 9.84 Å². The Morgan fingerprint density at radius 2 is 2.14 bits per heavy atom. The number of nitrogens with zero attached hydrogens (tertiary/aromatic N) is 2. The summed E-state index contributed by atoms with van der Waals surface area (Å²) in [5.41, 5.74) is 0.525. The normalized spacial score (nSPS) is 18.2. The highest BCUT2D eigenvalue weighted by molar-refractivity contribution is 7.89. The smallest absolute Gasteiger partial charge is 0.248 e.